The van der Waals surface area contributed by atoms with Crippen LogP contribution in [0.15, 0.2) is 18.2 Å². The molecular formula is C12H12F3NO3. The third-order valence-electron chi connectivity index (χ3n) is 3.42. The van der Waals surface area contributed by atoms with E-state index < -0.39 is 23.5 Å². The Balaban J connectivity index is 2.43. The van der Waals surface area contributed by atoms with Crippen molar-refractivity contribution in [3.8, 4) is 5.75 Å². The van der Waals surface area contributed by atoms with Crippen LogP contribution in [0.5, 0.6) is 5.75 Å². The van der Waals surface area contributed by atoms with E-state index in [1.54, 1.807) is 0 Å². The summed E-state index contributed by atoms with van der Waals surface area (Å²) in [5.74, 6) is -1.63. The third kappa shape index (κ3) is 2.32. The number of carboxylic acids is 1. The lowest BCUT2D eigenvalue weighted by molar-refractivity contribution is -0.274. The molecule has 1 aliphatic rings. The van der Waals surface area contributed by atoms with Crippen LogP contribution in [-0.4, -0.2) is 17.4 Å². The van der Waals surface area contributed by atoms with Crippen LogP contribution in [0.3, 0.4) is 0 Å². The van der Waals surface area contributed by atoms with Gasteiger partial charge in [-0.1, -0.05) is 18.6 Å². The van der Waals surface area contributed by atoms with Crippen molar-refractivity contribution >= 4 is 11.7 Å². The van der Waals surface area contributed by atoms with Gasteiger partial charge in [0.1, 0.15) is 0 Å². The van der Waals surface area contributed by atoms with Gasteiger partial charge in [0.2, 0.25) is 0 Å². The van der Waals surface area contributed by atoms with Crippen LogP contribution < -0.4 is 10.5 Å². The second kappa shape index (κ2) is 4.32. The molecule has 0 saturated heterocycles. The number of hydrogen-bond donors (Lipinski definition) is 2. The maximum atomic E-state index is 12.2. The highest BCUT2D eigenvalue weighted by Gasteiger charge is 2.47. The molecule has 104 valence electrons. The number of nitrogen functional groups attached to an aromatic ring is 1. The number of hydrogen-bond acceptors (Lipinski definition) is 3. The highest BCUT2D eigenvalue weighted by Crippen LogP contribution is 2.48. The Morgan fingerprint density at radius 1 is 1.37 bits per heavy atom. The average molecular weight is 275 g/mol. The zero-order chi connectivity index (χ0) is 14.3. The molecule has 0 radical (unpaired) electrons. The summed E-state index contributed by atoms with van der Waals surface area (Å²) in [7, 11) is 0. The van der Waals surface area contributed by atoms with Crippen LogP contribution in [0.25, 0.3) is 0 Å². The van der Waals surface area contributed by atoms with Gasteiger partial charge in [0, 0.05) is 0 Å². The highest BCUT2D eigenvalue weighted by molar-refractivity contribution is 5.85. The second-order valence-corrected chi connectivity index (χ2v) is 4.51. The Hall–Kier alpha value is -1.92. The molecule has 0 bridgehead atoms. The lowest BCUT2D eigenvalue weighted by Gasteiger charge is -2.39. The zero-order valence-corrected chi connectivity index (χ0v) is 9.83. The summed E-state index contributed by atoms with van der Waals surface area (Å²) in [5, 5.41) is 9.27. The molecule has 0 amide bonds. The zero-order valence-electron chi connectivity index (χ0n) is 9.83. The number of para-hydroxylation sites is 1. The Kier molecular flexibility index (Phi) is 3.07. The van der Waals surface area contributed by atoms with Crippen LogP contribution in [0.2, 0.25) is 0 Å². The summed E-state index contributed by atoms with van der Waals surface area (Å²) in [6, 6.07) is 3.82. The summed E-state index contributed by atoms with van der Waals surface area (Å²) < 4.78 is 40.4. The van der Waals surface area contributed by atoms with Crippen molar-refractivity contribution in [2.45, 2.75) is 31.0 Å². The van der Waals surface area contributed by atoms with Gasteiger partial charge >= 0.3 is 12.3 Å². The molecule has 1 aromatic rings. The normalized spacial score (nSPS) is 17.6. The lowest BCUT2D eigenvalue weighted by Crippen LogP contribution is -2.43. The molecule has 19 heavy (non-hydrogen) atoms. The molecule has 7 heteroatoms. The first-order valence-electron chi connectivity index (χ1n) is 5.64. The summed E-state index contributed by atoms with van der Waals surface area (Å²) in [6.07, 6.45) is -3.43. The van der Waals surface area contributed by atoms with Gasteiger partial charge in [0.05, 0.1) is 11.1 Å². The SMILES string of the molecule is Nc1c(OC(F)(F)F)cccc1C1(C(=O)O)CCC1. The Labute approximate surface area is 107 Å². The van der Waals surface area contributed by atoms with Crippen molar-refractivity contribution in [3.05, 3.63) is 23.8 Å². The molecule has 0 aliphatic heterocycles. The number of carboxylic acid groups (broad SMARTS) is 1. The largest absolute Gasteiger partial charge is 0.573 e. The van der Waals surface area contributed by atoms with E-state index in [1.165, 1.54) is 12.1 Å². The van der Waals surface area contributed by atoms with Crippen molar-refractivity contribution < 1.29 is 27.8 Å². The lowest BCUT2D eigenvalue weighted by atomic mass is 9.64. The van der Waals surface area contributed by atoms with Gasteiger partial charge in [-0.25, -0.2) is 0 Å². The van der Waals surface area contributed by atoms with Crippen molar-refractivity contribution in [1.82, 2.24) is 0 Å². The van der Waals surface area contributed by atoms with E-state index in [0.29, 0.717) is 19.3 Å². The predicted molar refractivity (Wildman–Crippen MR) is 60.7 cm³/mol. The van der Waals surface area contributed by atoms with Gasteiger partial charge in [-0.2, -0.15) is 0 Å². The maximum Gasteiger partial charge on any atom is 0.573 e. The van der Waals surface area contributed by atoms with Gasteiger partial charge in [-0.3, -0.25) is 4.79 Å². The molecule has 1 saturated carbocycles. The van der Waals surface area contributed by atoms with Crippen LogP contribution in [0, 0.1) is 0 Å². The molecule has 3 N–H and O–H groups in total. The van der Waals surface area contributed by atoms with Crippen LogP contribution in [0.1, 0.15) is 24.8 Å². The van der Waals surface area contributed by atoms with Crippen LogP contribution in [-0.2, 0) is 10.2 Å². The molecule has 0 spiro atoms. The summed E-state index contributed by atoms with van der Waals surface area (Å²) in [4.78, 5) is 11.3. The standard InChI is InChI=1S/C12H12F3NO3/c13-12(14,15)19-8-4-1-3-7(9(8)16)11(10(17)18)5-2-6-11/h1,3-4H,2,5-6,16H2,(H,17,18). The van der Waals surface area contributed by atoms with Gasteiger partial charge in [-0.15, -0.1) is 13.2 Å². The molecule has 4 nitrogen and oxygen atoms in total. The molecule has 0 atom stereocenters. The predicted octanol–water partition coefficient (Wildman–Crippen LogP) is 2.67. The first-order chi connectivity index (χ1) is 8.76. The van der Waals surface area contributed by atoms with E-state index in [1.807, 2.05) is 0 Å². The van der Waals surface area contributed by atoms with Gasteiger partial charge in [0.25, 0.3) is 0 Å². The summed E-state index contributed by atoms with van der Waals surface area (Å²) in [6.45, 7) is 0. The third-order valence-corrected chi connectivity index (χ3v) is 3.42. The van der Waals surface area contributed by atoms with E-state index in [0.717, 1.165) is 6.07 Å². The number of aliphatic carboxylic acids is 1. The highest BCUT2D eigenvalue weighted by atomic mass is 19.4. The number of halogens is 3. The molecular weight excluding hydrogens is 263 g/mol. The molecule has 0 aromatic heterocycles. The van der Waals surface area contributed by atoms with Crippen molar-refractivity contribution in [1.29, 1.82) is 0 Å². The molecule has 0 heterocycles. The fourth-order valence-electron chi connectivity index (χ4n) is 2.30. The van der Waals surface area contributed by atoms with Crippen LogP contribution >= 0.6 is 0 Å². The topological polar surface area (TPSA) is 72.5 Å². The summed E-state index contributed by atoms with van der Waals surface area (Å²) in [5.41, 5.74) is 4.38. The van der Waals surface area contributed by atoms with Gasteiger partial charge < -0.3 is 15.6 Å². The van der Waals surface area contributed by atoms with E-state index in [9.17, 15) is 23.1 Å². The van der Waals surface area contributed by atoms with E-state index >= 15 is 0 Å². The smallest absolute Gasteiger partial charge is 0.481 e. The Morgan fingerprint density at radius 3 is 2.42 bits per heavy atom. The Morgan fingerprint density at radius 2 is 2.00 bits per heavy atom. The number of ether oxygens (including phenoxy) is 1. The molecule has 1 aromatic carbocycles. The fraction of sp³-hybridized carbons (Fsp3) is 0.417. The molecule has 1 fully saturated rings. The fourth-order valence-corrected chi connectivity index (χ4v) is 2.30. The van der Waals surface area contributed by atoms with E-state index in [-0.39, 0.29) is 11.3 Å². The van der Waals surface area contributed by atoms with E-state index in [2.05, 4.69) is 4.74 Å². The Bertz CT molecular complexity index is 509. The minimum absolute atomic E-state index is 0.188. The first-order valence-corrected chi connectivity index (χ1v) is 5.64. The monoisotopic (exact) mass is 275 g/mol. The number of alkyl halides is 3. The van der Waals surface area contributed by atoms with Gasteiger partial charge in [0.15, 0.2) is 5.75 Å². The second-order valence-electron chi connectivity index (χ2n) is 4.51. The van der Waals surface area contributed by atoms with Crippen LogP contribution in [0.4, 0.5) is 18.9 Å². The number of rotatable bonds is 3. The number of anilines is 1. The quantitative estimate of drug-likeness (QED) is 0.832. The van der Waals surface area contributed by atoms with Crippen molar-refractivity contribution in [3.63, 3.8) is 0 Å². The van der Waals surface area contributed by atoms with Gasteiger partial charge in [-0.05, 0) is 24.5 Å². The van der Waals surface area contributed by atoms with E-state index in [4.69, 9.17) is 5.73 Å². The molecule has 0 unspecified atom stereocenters. The summed E-state index contributed by atoms with van der Waals surface area (Å²) >= 11 is 0. The first kappa shape index (κ1) is 13.5. The molecule has 2 rings (SSSR count). The molecule has 1 aliphatic carbocycles. The number of carbonyl (C=O) groups is 1. The van der Waals surface area contributed by atoms with Crippen molar-refractivity contribution in [2.75, 3.05) is 5.73 Å². The number of nitrogens with two attached hydrogens (primary N) is 1. The number of benzene rings is 1. The van der Waals surface area contributed by atoms with Crippen molar-refractivity contribution in [2.24, 2.45) is 0 Å². The minimum Gasteiger partial charge on any atom is -0.481 e. The average Bonchev–Trinajstić information content (AvgIpc) is 2.19. The minimum atomic E-state index is -4.86. The maximum absolute atomic E-state index is 12.2.